The highest BCUT2D eigenvalue weighted by Crippen LogP contribution is 2.43. The number of benzene rings is 1. The Morgan fingerprint density at radius 1 is 1.18 bits per heavy atom. The maximum absolute atomic E-state index is 10.8. The minimum absolute atomic E-state index is 0.264. The zero-order chi connectivity index (χ0) is 27.6. The van der Waals surface area contributed by atoms with Gasteiger partial charge in [0.1, 0.15) is 36.0 Å². The molecular weight excluding hydrogens is 508 g/mol. The number of aryl methyl sites for hydroxylation is 1. The van der Waals surface area contributed by atoms with Crippen molar-refractivity contribution in [3.8, 4) is 0 Å². The van der Waals surface area contributed by atoms with Gasteiger partial charge in [0.15, 0.2) is 17.7 Å². The van der Waals surface area contributed by atoms with Crippen LogP contribution in [0.15, 0.2) is 30.9 Å². The number of rotatable bonds is 8. The Balaban J connectivity index is 0.917. The SMILES string of the molecule is CN(C[C@H]1O[C@@H](n2cnc3c(N)ncnc32)[C@@H](O)[C@H]1O)[C@H]1C[C@H](CCc2nc3cc(C4(C)CCC4)ccc3[nH]2)C1. The number of ether oxygens (including phenoxy) is 1. The number of hydrogen-bond acceptors (Lipinski definition) is 9. The van der Waals surface area contributed by atoms with Gasteiger partial charge in [-0.05, 0) is 68.2 Å². The first-order chi connectivity index (χ1) is 19.3. The molecule has 1 aromatic carbocycles. The van der Waals surface area contributed by atoms with Crippen molar-refractivity contribution in [1.82, 2.24) is 34.4 Å². The van der Waals surface area contributed by atoms with Gasteiger partial charge in [0, 0.05) is 19.0 Å². The van der Waals surface area contributed by atoms with Crippen LogP contribution >= 0.6 is 0 Å². The lowest BCUT2D eigenvalue weighted by atomic mass is 9.66. The summed E-state index contributed by atoms with van der Waals surface area (Å²) in [5.74, 6) is 1.99. The summed E-state index contributed by atoms with van der Waals surface area (Å²) in [6, 6.07) is 7.17. The maximum Gasteiger partial charge on any atom is 0.167 e. The summed E-state index contributed by atoms with van der Waals surface area (Å²) in [5.41, 5.74) is 10.8. The number of hydrogen-bond donors (Lipinski definition) is 4. The largest absolute Gasteiger partial charge is 0.387 e. The van der Waals surface area contributed by atoms with Crippen molar-refractivity contribution in [3.05, 3.63) is 42.2 Å². The molecule has 4 heterocycles. The summed E-state index contributed by atoms with van der Waals surface area (Å²) in [4.78, 5) is 23.1. The third-order valence-corrected chi connectivity index (χ3v) is 9.78. The number of imidazole rings is 2. The van der Waals surface area contributed by atoms with Crippen LogP contribution in [0.2, 0.25) is 0 Å². The summed E-state index contributed by atoms with van der Waals surface area (Å²) in [7, 11) is 2.07. The summed E-state index contributed by atoms with van der Waals surface area (Å²) in [5, 5.41) is 21.5. The standard InChI is InChI=1S/C29H38N8O3/c1-29(8-3-9-29)17-5-6-19-20(12-17)35-22(34-19)7-4-16-10-18(11-16)36(2)13-21-24(38)25(39)28(40-21)37-15-33-23-26(30)31-14-32-27(23)37/h5-6,12,14-16,18,21,24-25,28,38-39H,3-4,7-11,13H2,1-2H3,(H,34,35)(H2,30,31,32)/t16-,18-,21-,24+,25+,28-/m1/s1. The molecule has 1 aliphatic heterocycles. The van der Waals surface area contributed by atoms with Gasteiger partial charge in [0.05, 0.1) is 17.4 Å². The topological polar surface area (TPSA) is 151 Å². The number of aliphatic hydroxyl groups excluding tert-OH is 2. The second kappa shape index (κ2) is 9.76. The Hall–Kier alpha value is -3.12. The second-order valence-corrected chi connectivity index (χ2v) is 12.4. The number of aromatic amines is 1. The van der Waals surface area contributed by atoms with Crippen LogP contribution in [0.3, 0.4) is 0 Å². The third-order valence-electron chi connectivity index (χ3n) is 9.78. The van der Waals surface area contributed by atoms with Crippen molar-refractivity contribution in [3.63, 3.8) is 0 Å². The van der Waals surface area contributed by atoms with E-state index < -0.39 is 24.5 Å². The molecule has 3 fully saturated rings. The molecule has 4 aromatic rings. The lowest BCUT2D eigenvalue weighted by molar-refractivity contribution is -0.0514. The lowest BCUT2D eigenvalue weighted by Crippen LogP contribution is -2.47. The predicted molar refractivity (Wildman–Crippen MR) is 150 cm³/mol. The first-order valence-corrected chi connectivity index (χ1v) is 14.4. The fourth-order valence-electron chi connectivity index (χ4n) is 6.78. The molecule has 0 bridgehead atoms. The molecule has 0 unspecified atom stereocenters. The average molecular weight is 547 g/mol. The van der Waals surface area contributed by atoms with Gasteiger partial charge >= 0.3 is 0 Å². The number of aromatic nitrogens is 6. The van der Waals surface area contributed by atoms with E-state index in [-0.39, 0.29) is 5.82 Å². The van der Waals surface area contributed by atoms with Crippen LogP contribution in [0, 0.1) is 5.92 Å². The van der Waals surface area contributed by atoms with E-state index in [1.54, 1.807) is 4.57 Å². The van der Waals surface area contributed by atoms with Crippen molar-refractivity contribution >= 4 is 28.0 Å². The summed E-state index contributed by atoms with van der Waals surface area (Å²) in [6.07, 6.45) is 7.58. The number of nitrogens with two attached hydrogens (primary N) is 1. The van der Waals surface area contributed by atoms with Gasteiger partial charge in [-0.15, -0.1) is 0 Å². The van der Waals surface area contributed by atoms with Crippen LogP contribution in [-0.4, -0.2) is 82.5 Å². The van der Waals surface area contributed by atoms with Gasteiger partial charge < -0.3 is 30.6 Å². The van der Waals surface area contributed by atoms with E-state index in [9.17, 15) is 10.2 Å². The highest BCUT2D eigenvalue weighted by molar-refractivity contribution is 5.81. The maximum atomic E-state index is 10.8. The summed E-state index contributed by atoms with van der Waals surface area (Å²) in [6.45, 7) is 2.89. The van der Waals surface area contributed by atoms with Gasteiger partial charge in [0.2, 0.25) is 0 Å². The van der Waals surface area contributed by atoms with Crippen molar-refractivity contribution in [2.45, 2.75) is 87.9 Å². The van der Waals surface area contributed by atoms with Gasteiger partial charge in [-0.25, -0.2) is 19.9 Å². The van der Waals surface area contributed by atoms with Crippen molar-refractivity contribution < 1.29 is 14.9 Å². The fourth-order valence-corrected chi connectivity index (χ4v) is 6.78. The number of likely N-dealkylation sites (N-methyl/N-ethyl adjacent to an activating group) is 1. The minimum atomic E-state index is -1.10. The first-order valence-electron chi connectivity index (χ1n) is 14.4. The van der Waals surface area contributed by atoms with E-state index in [0.29, 0.717) is 35.1 Å². The lowest BCUT2D eigenvalue weighted by Gasteiger charge is -2.42. The normalized spacial score (nSPS) is 29.7. The number of anilines is 1. The van der Waals surface area contributed by atoms with Crippen LogP contribution in [-0.2, 0) is 16.6 Å². The molecule has 11 nitrogen and oxygen atoms in total. The molecule has 212 valence electrons. The van der Waals surface area contributed by atoms with E-state index in [0.717, 1.165) is 42.5 Å². The number of fused-ring (bicyclic) bond motifs is 2. The van der Waals surface area contributed by atoms with Crippen LogP contribution in [0.5, 0.6) is 0 Å². The van der Waals surface area contributed by atoms with E-state index in [1.165, 1.54) is 37.5 Å². The molecule has 0 spiro atoms. The Bertz CT molecular complexity index is 1520. The molecule has 5 N–H and O–H groups in total. The molecular formula is C29H38N8O3. The second-order valence-electron chi connectivity index (χ2n) is 12.4. The molecule has 11 heteroatoms. The van der Waals surface area contributed by atoms with E-state index in [4.69, 9.17) is 15.5 Å². The van der Waals surface area contributed by atoms with Crippen LogP contribution < -0.4 is 5.73 Å². The molecule has 3 aromatic heterocycles. The quantitative estimate of drug-likeness (QED) is 0.261. The zero-order valence-electron chi connectivity index (χ0n) is 23.1. The zero-order valence-corrected chi connectivity index (χ0v) is 23.1. The van der Waals surface area contributed by atoms with Gasteiger partial charge in [-0.2, -0.15) is 0 Å². The number of nitrogen functional groups attached to an aromatic ring is 1. The van der Waals surface area contributed by atoms with E-state index in [1.807, 2.05) is 0 Å². The molecule has 1 saturated heterocycles. The number of nitrogens with one attached hydrogen (secondary N) is 1. The van der Waals surface area contributed by atoms with Crippen LogP contribution in [0.4, 0.5) is 5.82 Å². The Labute approximate surface area is 232 Å². The fraction of sp³-hybridized carbons (Fsp3) is 0.586. The van der Waals surface area contributed by atoms with Crippen molar-refractivity contribution in [1.29, 1.82) is 0 Å². The molecule has 2 saturated carbocycles. The highest BCUT2D eigenvalue weighted by Gasteiger charge is 2.45. The summed E-state index contributed by atoms with van der Waals surface area (Å²) >= 11 is 0. The van der Waals surface area contributed by atoms with E-state index >= 15 is 0 Å². The first kappa shape index (κ1) is 25.8. The number of nitrogens with zero attached hydrogens (tertiary/aromatic N) is 6. The average Bonchev–Trinajstić information content (AvgIpc) is 3.58. The Morgan fingerprint density at radius 2 is 2.00 bits per heavy atom. The smallest absolute Gasteiger partial charge is 0.167 e. The van der Waals surface area contributed by atoms with Crippen LogP contribution in [0.25, 0.3) is 22.2 Å². The molecule has 0 amide bonds. The van der Waals surface area contributed by atoms with Gasteiger partial charge in [-0.3, -0.25) is 4.57 Å². The third kappa shape index (κ3) is 4.36. The van der Waals surface area contributed by atoms with Gasteiger partial charge in [-0.1, -0.05) is 19.4 Å². The molecule has 3 aliphatic rings. The monoisotopic (exact) mass is 546 g/mol. The Kier molecular flexibility index (Phi) is 6.30. The van der Waals surface area contributed by atoms with E-state index in [2.05, 4.69) is 57.0 Å². The van der Waals surface area contributed by atoms with Crippen molar-refractivity contribution in [2.75, 3.05) is 19.3 Å². The summed E-state index contributed by atoms with van der Waals surface area (Å²) < 4.78 is 7.75. The number of aliphatic hydroxyl groups is 2. The van der Waals surface area contributed by atoms with Gasteiger partial charge in [0.25, 0.3) is 0 Å². The van der Waals surface area contributed by atoms with Crippen LogP contribution in [0.1, 0.15) is 63.1 Å². The van der Waals surface area contributed by atoms with Crippen molar-refractivity contribution in [2.24, 2.45) is 5.92 Å². The molecule has 40 heavy (non-hydrogen) atoms. The highest BCUT2D eigenvalue weighted by atomic mass is 16.6. The Morgan fingerprint density at radius 3 is 2.77 bits per heavy atom. The molecule has 4 atom stereocenters. The minimum Gasteiger partial charge on any atom is -0.387 e. The predicted octanol–water partition coefficient (Wildman–Crippen LogP) is 2.69. The number of H-pyrrole nitrogens is 1. The molecule has 7 rings (SSSR count). The molecule has 2 aliphatic carbocycles. The molecule has 0 radical (unpaired) electrons.